The van der Waals surface area contributed by atoms with E-state index in [4.69, 9.17) is 4.42 Å². The number of aryl methyl sites for hydroxylation is 1. The lowest BCUT2D eigenvalue weighted by Crippen LogP contribution is -2.33. The smallest absolute Gasteiger partial charge is 0.251 e. The van der Waals surface area contributed by atoms with E-state index in [1.54, 1.807) is 18.4 Å². The third-order valence-corrected chi connectivity index (χ3v) is 5.47. The summed E-state index contributed by atoms with van der Waals surface area (Å²) < 4.78 is 30.7. The molecule has 0 aliphatic carbocycles. The molecular formula is C17H22N2O4S. The summed E-state index contributed by atoms with van der Waals surface area (Å²) >= 11 is 0. The van der Waals surface area contributed by atoms with E-state index >= 15 is 0 Å². The minimum absolute atomic E-state index is 0.0586. The molecule has 0 aliphatic heterocycles. The minimum atomic E-state index is -3.56. The predicted octanol–water partition coefficient (Wildman–Crippen LogP) is 2.28. The van der Waals surface area contributed by atoms with Gasteiger partial charge in [-0.05, 0) is 43.7 Å². The summed E-state index contributed by atoms with van der Waals surface area (Å²) in [7, 11) is -0.646. The van der Waals surface area contributed by atoms with Gasteiger partial charge in [0.15, 0.2) is 0 Å². The van der Waals surface area contributed by atoms with E-state index in [9.17, 15) is 13.2 Å². The first kappa shape index (κ1) is 18.2. The summed E-state index contributed by atoms with van der Waals surface area (Å²) in [6, 6.07) is 9.70. The third-order valence-electron chi connectivity index (χ3n) is 3.66. The normalized spacial score (nSPS) is 13.0. The fraction of sp³-hybridized carbons (Fsp3) is 0.353. The van der Waals surface area contributed by atoms with Gasteiger partial charge in [0.2, 0.25) is 10.0 Å². The molecule has 0 spiro atoms. The highest BCUT2D eigenvalue weighted by atomic mass is 32.2. The Balaban J connectivity index is 2.02. The summed E-state index contributed by atoms with van der Waals surface area (Å²) in [4.78, 5) is 12.4. The highest BCUT2D eigenvalue weighted by Crippen LogP contribution is 2.15. The molecule has 1 amide bonds. The van der Waals surface area contributed by atoms with Crippen LogP contribution in [-0.2, 0) is 16.4 Å². The molecule has 0 fully saturated rings. The molecule has 1 aromatic carbocycles. The lowest BCUT2D eigenvalue weighted by Gasteiger charge is -2.15. The Kier molecular flexibility index (Phi) is 5.80. The lowest BCUT2D eigenvalue weighted by molar-refractivity contribution is 0.0938. The van der Waals surface area contributed by atoms with Crippen molar-refractivity contribution >= 4 is 15.9 Å². The van der Waals surface area contributed by atoms with Crippen molar-refractivity contribution in [3.05, 3.63) is 54.0 Å². The summed E-state index contributed by atoms with van der Waals surface area (Å²) in [5.74, 6) is 0.577. The van der Waals surface area contributed by atoms with Crippen LogP contribution in [0, 0.1) is 0 Å². The van der Waals surface area contributed by atoms with E-state index in [0.29, 0.717) is 5.56 Å². The zero-order valence-electron chi connectivity index (χ0n) is 14.0. The van der Waals surface area contributed by atoms with E-state index in [2.05, 4.69) is 5.32 Å². The van der Waals surface area contributed by atoms with Gasteiger partial charge in [-0.25, -0.2) is 12.7 Å². The van der Waals surface area contributed by atoms with Gasteiger partial charge in [0.1, 0.15) is 5.76 Å². The lowest BCUT2D eigenvalue weighted by atomic mass is 10.1. The Morgan fingerprint density at radius 2 is 2.00 bits per heavy atom. The Morgan fingerprint density at radius 1 is 1.25 bits per heavy atom. The van der Waals surface area contributed by atoms with Crippen LogP contribution in [0.3, 0.4) is 0 Å². The van der Waals surface area contributed by atoms with Crippen molar-refractivity contribution in [2.24, 2.45) is 0 Å². The molecule has 130 valence electrons. The summed E-state index contributed by atoms with van der Waals surface area (Å²) in [5.41, 5.74) is 0.322. The van der Waals surface area contributed by atoms with Crippen LogP contribution in [-0.4, -0.2) is 38.8 Å². The minimum Gasteiger partial charge on any atom is -0.469 e. The average Bonchev–Trinajstić information content (AvgIpc) is 3.06. The molecule has 2 aromatic rings. The van der Waals surface area contributed by atoms with E-state index < -0.39 is 10.0 Å². The molecule has 24 heavy (non-hydrogen) atoms. The topological polar surface area (TPSA) is 79.6 Å². The van der Waals surface area contributed by atoms with Gasteiger partial charge in [-0.1, -0.05) is 6.07 Å². The van der Waals surface area contributed by atoms with E-state index in [0.717, 1.165) is 22.9 Å². The number of sulfonamides is 1. The molecular weight excluding hydrogens is 328 g/mol. The first-order chi connectivity index (χ1) is 11.3. The van der Waals surface area contributed by atoms with Crippen molar-refractivity contribution < 1.29 is 17.6 Å². The first-order valence-electron chi connectivity index (χ1n) is 7.66. The number of benzene rings is 1. The molecule has 7 heteroatoms. The van der Waals surface area contributed by atoms with Crippen LogP contribution in [0.4, 0.5) is 0 Å². The molecule has 1 atom stereocenters. The van der Waals surface area contributed by atoms with Crippen LogP contribution in [0.1, 0.15) is 29.5 Å². The van der Waals surface area contributed by atoms with Crippen molar-refractivity contribution in [1.82, 2.24) is 9.62 Å². The molecule has 0 aliphatic rings. The molecule has 0 saturated carbocycles. The van der Waals surface area contributed by atoms with Gasteiger partial charge in [-0.2, -0.15) is 0 Å². The first-order valence-corrected chi connectivity index (χ1v) is 9.10. The number of nitrogens with zero attached hydrogens (tertiary/aromatic N) is 1. The van der Waals surface area contributed by atoms with Gasteiger partial charge in [0.25, 0.3) is 5.91 Å². The van der Waals surface area contributed by atoms with Gasteiger partial charge in [-0.3, -0.25) is 4.79 Å². The van der Waals surface area contributed by atoms with Gasteiger partial charge in [-0.15, -0.1) is 0 Å². The largest absolute Gasteiger partial charge is 0.469 e. The molecule has 1 N–H and O–H groups in total. The molecule has 6 nitrogen and oxygen atoms in total. The molecule has 1 heterocycles. The summed E-state index contributed by atoms with van der Waals surface area (Å²) in [6.45, 7) is 1.90. The standard InChI is InChI=1S/C17H22N2O4S/c1-13(9-10-15-7-5-11-23-15)18-17(20)14-6-4-8-16(12-14)24(21,22)19(2)3/h4-8,11-13H,9-10H2,1-3H3,(H,18,20). The van der Waals surface area contributed by atoms with Gasteiger partial charge in [0.05, 0.1) is 11.2 Å². The number of nitrogens with one attached hydrogen (secondary N) is 1. The Morgan fingerprint density at radius 3 is 2.62 bits per heavy atom. The highest BCUT2D eigenvalue weighted by molar-refractivity contribution is 7.89. The molecule has 1 aromatic heterocycles. The fourth-order valence-electron chi connectivity index (χ4n) is 2.20. The number of rotatable bonds is 7. The van der Waals surface area contributed by atoms with Crippen LogP contribution in [0.2, 0.25) is 0 Å². The molecule has 0 saturated heterocycles. The monoisotopic (exact) mass is 350 g/mol. The number of amides is 1. The predicted molar refractivity (Wildman–Crippen MR) is 91.3 cm³/mol. The van der Waals surface area contributed by atoms with Crippen LogP contribution < -0.4 is 5.32 Å². The summed E-state index contributed by atoms with van der Waals surface area (Å²) in [6.07, 6.45) is 3.08. The van der Waals surface area contributed by atoms with Crippen molar-refractivity contribution in [2.75, 3.05) is 14.1 Å². The Bertz CT molecular complexity index is 783. The summed E-state index contributed by atoms with van der Waals surface area (Å²) in [5, 5.41) is 2.88. The van der Waals surface area contributed by atoms with Gasteiger partial charge in [0, 0.05) is 32.1 Å². The number of hydrogen-bond acceptors (Lipinski definition) is 4. The van der Waals surface area contributed by atoms with Crippen LogP contribution in [0.25, 0.3) is 0 Å². The van der Waals surface area contributed by atoms with Crippen LogP contribution >= 0.6 is 0 Å². The van der Waals surface area contributed by atoms with Crippen molar-refractivity contribution in [2.45, 2.75) is 30.7 Å². The van der Waals surface area contributed by atoms with Crippen molar-refractivity contribution in [3.63, 3.8) is 0 Å². The zero-order chi connectivity index (χ0) is 17.7. The second-order valence-corrected chi connectivity index (χ2v) is 7.96. The van der Waals surface area contributed by atoms with Crippen LogP contribution in [0.15, 0.2) is 52.0 Å². The van der Waals surface area contributed by atoms with Crippen molar-refractivity contribution in [1.29, 1.82) is 0 Å². The maximum Gasteiger partial charge on any atom is 0.251 e. The number of hydrogen-bond donors (Lipinski definition) is 1. The number of carbonyl (C=O) groups is 1. The second-order valence-electron chi connectivity index (χ2n) is 5.81. The van der Waals surface area contributed by atoms with E-state index in [-0.39, 0.29) is 16.8 Å². The fourth-order valence-corrected chi connectivity index (χ4v) is 3.15. The van der Waals surface area contributed by atoms with Gasteiger partial charge >= 0.3 is 0 Å². The van der Waals surface area contributed by atoms with Crippen molar-refractivity contribution in [3.8, 4) is 0 Å². The highest BCUT2D eigenvalue weighted by Gasteiger charge is 2.19. The zero-order valence-corrected chi connectivity index (χ0v) is 14.8. The van der Waals surface area contributed by atoms with Gasteiger partial charge < -0.3 is 9.73 Å². The second kappa shape index (κ2) is 7.63. The Hall–Kier alpha value is -2.12. The maximum absolute atomic E-state index is 12.3. The average molecular weight is 350 g/mol. The van der Waals surface area contributed by atoms with E-state index in [1.807, 2.05) is 19.1 Å². The molecule has 0 radical (unpaired) electrons. The van der Waals surface area contributed by atoms with Crippen LogP contribution in [0.5, 0.6) is 0 Å². The molecule has 1 unspecified atom stereocenters. The molecule has 2 rings (SSSR count). The Labute approximate surface area is 142 Å². The van der Waals surface area contributed by atoms with E-state index in [1.165, 1.54) is 26.2 Å². The quantitative estimate of drug-likeness (QED) is 0.831. The molecule has 0 bridgehead atoms. The SMILES string of the molecule is CC(CCc1ccco1)NC(=O)c1cccc(S(=O)(=O)N(C)C)c1. The number of carbonyl (C=O) groups excluding carboxylic acids is 1. The third kappa shape index (κ3) is 4.46. The number of furan rings is 1. The maximum atomic E-state index is 12.3.